The summed E-state index contributed by atoms with van der Waals surface area (Å²) in [6, 6.07) is 6.17. The maximum atomic E-state index is 13.2. The summed E-state index contributed by atoms with van der Waals surface area (Å²) in [4.78, 5) is 13.8. The third kappa shape index (κ3) is 4.13. The van der Waals surface area contributed by atoms with Gasteiger partial charge in [-0.15, -0.1) is 0 Å². The van der Waals surface area contributed by atoms with Gasteiger partial charge in [0.05, 0.1) is 19.4 Å². The molecule has 0 fully saturated rings. The molecule has 0 bridgehead atoms. The number of halogens is 2. The lowest BCUT2D eigenvalue weighted by Crippen LogP contribution is -2.33. The number of hydrogen-bond acceptors (Lipinski definition) is 3. The number of carbonyl (C=O) groups is 1. The van der Waals surface area contributed by atoms with Crippen LogP contribution in [0.4, 0.5) is 8.78 Å². The third-order valence-electron chi connectivity index (χ3n) is 2.89. The maximum Gasteiger partial charge on any atom is 0.254 e. The molecule has 4 nitrogen and oxygen atoms in total. The van der Waals surface area contributed by atoms with Crippen molar-refractivity contribution in [2.24, 2.45) is 0 Å². The Balaban J connectivity index is 2.20. The Morgan fingerprint density at radius 1 is 1.29 bits per heavy atom. The van der Waals surface area contributed by atoms with Crippen molar-refractivity contribution in [1.29, 1.82) is 0 Å². The summed E-state index contributed by atoms with van der Waals surface area (Å²) in [5.41, 5.74) is -0.0461. The van der Waals surface area contributed by atoms with Crippen molar-refractivity contribution >= 4 is 5.91 Å². The number of amides is 1. The topological polar surface area (TPSA) is 42.7 Å². The van der Waals surface area contributed by atoms with Gasteiger partial charge in [-0.2, -0.15) is 0 Å². The molecule has 0 atom stereocenters. The fourth-order valence-corrected chi connectivity index (χ4v) is 1.90. The van der Waals surface area contributed by atoms with Crippen LogP contribution in [0.25, 0.3) is 0 Å². The highest BCUT2D eigenvalue weighted by molar-refractivity contribution is 5.94. The van der Waals surface area contributed by atoms with Gasteiger partial charge in [0.25, 0.3) is 5.91 Å². The summed E-state index contributed by atoms with van der Waals surface area (Å²) >= 11 is 0. The van der Waals surface area contributed by atoms with Crippen LogP contribution >= 0.6 is 0 Å². The second-order valence-electron chi connectivity index (χ2n) is 4.46. The monoisotopic (exact) mass is 295 g/mol. The standard InChI is InChI=1S/C15H15F2NO3/c1-20-6-4-18(10-14-3-2-5-21-14)15(19)11-7-12(16)9-13(17)8-11/h2-3,5,7-9H,4,6,10H2,1H3. The van der Waals surface area contributed by atoms with Gasteiger partial charge in [0, 0.05) is 25.3 Å². The van der Waals surface area contributed by atoms with Crippen LogP contribution in [0.3, 0.4) is 0 Å². The predicted octanol–water partition coefficient (Wildman–Crippen LogP) is 2.85. The van der Waals surface area contributed by atoms with Gasteiger partial charge in [-0.3, -0.25) is 4.79 Å². The van der Waals surface area contributed by atoms with E-state index in [1.807, 2.05) is 0 Å². The Kier molecular flexibility index (Phi) is 5.05. The van der Waals surface area contributed by atoms with E-state index in [1.165, 1.54) is 18.3 Å². The average Bonchev–Trinajstić information content (AvgIpc) is 2.94. The van der Waals surface area contributed by atoms with Crippen LogP contribution in [0.2, 0.25) is 0 Å². The minimum atomic E-state index is -0.789. The average molecular weight is 295 g/mol. The van der Waals surface area contributed by atoms with Crippen molar-refractivity contribution in [2.45, 2.75) is 6.54 Å². The first-order valence-corrected chi connectivity index (χ1v) is 6.37. The Hall–Kier alpha value is -2.21. The van der Waals surface area contributed by atoms with Crippen molar-refractivity contribution in [3.8, 4) is 0 Å². The van der Waals surface area contributed by atoms with Gasteiger partial charge in [0.2, 0.25) is 0 Å². The fourth-order valence-electron chi connectivity index (χ4n) is 1.90. The molecule has 1 amide bonds. The van der Waals surface area contributed by atoms with E-state index in [0.717, 1.165) is 18.2 Å². The van der Waals surface area contributed by atoms with Crippen molar-refractivity contribution < 1.29 is 22.7 Å². The van der Waals surface area contributed by atoms with Crippen LogP contribution < -0.4 is 0 Å². The number of carbonyl (C=O) groups excluding carboxylic acids is 1. The molecule has 1 aromatic heterocycles. The van der Waals surface area contributed by atoms with E-state index in [-0.39, 0.29) is 18.7 Å². The molecular weight excluding hydrogens is 280 g/mol. The Morgan fingerprint density at radius 3 is 2.57 bits per heavy atom. The molecule has 0 spiro atoms. The lowest BCUT2D eigenvalue weighted by Gasteiger charge is -2.21. The van der Waals surface area contributed by atoms with Crippen LogP contribution in [0.5, 0.6) is 0 Å². The zero-order valence-electron chi connectivity index (χ0n) is 11.5. The second-order valence-corrected chi connectivity index (χ2v) is 4.46. The summed E-state index contributed by atoms with van der Waals surface area (Å²) in [5.74, 6) is -1.48. The first kappa shape index (κ1) is 15.2. The molecule has 6 heteroatoms. The molecule has 0 unspecified atom stereocenters. The lowest BCUT2D eigenvalue weighted by molar-refractivity contribution is 0.0665. The molecular formula is C15H15F2NO3. The van der Waals surface area contributed by atoms with Gasteiger partial charge in [-0.05, 0) is 24.3 Å². The first-order chi connectivity index (χ1) is 10.1. The molecule has 0 aliphatic carbocycles. The number of ether oxygens (including phenoxy) is 1. The number of furan rings is 1. The van der Waals surface area contributed by atoms with Gasteiger partial charge >= 0.3 is 0 Å². The van der Waals surface area contributed by atoms with E-state index in [1.54, 1.807) is 12.1 Å². The van der Waals surface area contributed by atoms with E-state index in [9.17, 15) is 13.6 Å². The molecule has 1 heterocycles. The van der Waals surface area contributed by atoms with Crippen molar-refractivity contribution in [2.75, 3.05) is 20.3 Å². The molecule has 1 aromatic carbocycles. The van der Waals surface area contributed by atoms with Crippen LogP contribution in [0, 0.1) is 11.6 Å². The summed E-state index contributed by atoms with van der Waals surface area (Å²) in [5, 5.41) is 0. The molecule has 2 aromatic rings. The van der Waals surface area contributed by atoms with Crippen LogP contribution in [0.1, 0.15) is 16.1 Å². The number of hydrogen-bond donors (Lipinski definition) is 0. The van der Waals surface area contributed by atoms with Gasteiger partial charge in [0.1, 0.15) is 17.4 Å². The minimum absolute atomic E-state index is 0.0461. The van der Waals surface area contributed by atoms with E-state index in [4.69, 9.17) is 9.15 Å². The van der Waals surface area contributed by atoms with E-state index >= 15 is 0 Å². The number of rotatable bonds is 6. The molecule has 0 saturated carbocycles. The van der Waals surface area contributed by atoms with Gasteiger partial charge in [-0.25, -0.2) is 8.78 Å². The molecule has 0 aliphatic rings. The molecule has 21 heavy (non-hydrogen) atoms. The zero-order valence-corrected chi connectivity index (χ0v) is 11.5. The highest BCUT2D eigenvalue weighted by Crippen LogP contribution is 2.13. The molecule has 112 valence electrons. The normalized spacial score (nSPS) is 10.6. The fraction of sp³-hybridized carbons (Fsp3) is 0.267. The van der Waals surface area contributed by atoms with Crippen molar-refractivity contribution in [1.82, 2.24) is 4.90 Å². The molecule has 2 rings (SSSR count). The van der Waals surface area contributed by atoms with Gasteiger partial charge in [0.15, 0.2) is 0 Å². The van der Waals surface area contributed by atoms with E-state index in [2.05, 4.69) is 0 Å². The zero-order chi connectivity index (χ0) is 15.2. The summed E-state index contributed by atoms with van der Waals surface area (Å²) in [6.07, 6.45) is 1.50. The Bertz CT molecular complexity index is 579. The molecule has 0 aliphatic heterocycles. The second kappa shape index (κ2) is 6.99. The third-order valence-corrected chi connectivity index (χ3v) is 2.89. The largest absolute Gasteiger partial charge is 0.467 e. The van der Waals surface area contributed by atoms with Crippen molar-refractivity contribution in [3.05, 3.63) is 59.6 Å². The quantitative estimate of drug-likeness (QED) is 0.823. The van der Waals surface area contributed by atoms with Crippen LogP contribution in [-0.4, -0.2) is 31.1 Å². The van der Waals surface area contributed by atoms with Gasteiger partial charge in [-0.1, -0.05) is 0 Å². The highest BCUT2D eigenvalue weighted by atomic mass is 19.1. The Labute approximate surface area is 120 Å². The van der Waals surface area contributed by atoms with Crippen molar-refractivity contribution in [3.63, 3.8) is 0 Å². The molecule has 0 saturated heterocycles. The molecule has 0 N–H and O–H groups in total. The number of nitrogens with zero attached hydrogens (tertiary/aromatic N) is 1. The first-order valence-electron chi connectivity index (χ1n) is 6.37. The van der Waals surface area contributed by atoms with E-state index in [0.29, 0.717) is 12.4 Å². The predicted molar refractivity (Wildman–Crippen MR) is 71.7 cm³/mol. The SMILES string of the molecule is COCCN(Cc1ccco1)C(=O)c1cc(F)cc(F)c1. The van der Waals surface area contributed by atoms with Crippen LogP contribution in [0.15, 0.2) is 41.0 Å². The summed E-state index contributed by atoms with van der Waals surface area (Å²) in [7, 11) is 1.51. The van der Waals surface area contributed by atoms with Crippen LogP contribution in [-0.2, 0) is 11.3 Å². The molecule has 0 radical (unpaired) electrons. The smallest absolute Gasteiger partial charge is 0.254 e. The van der Waals surface area contributed by atoms with Gasteiger partial charge < -0.3 is 14.1 Å². The summed E-state index contributed by atoms with van der Waals surface area (Å²) in [6.45, 7) is 0.797. The Morgan fingerprint density at radius 2 is 2.00 bits per heavy atom. The number of methoxy groups -OCH3 is 1. The lowest BCUT2D eigenvalue weighted by atomic mass is 10.2. The number of benzene rings is 1. The van der Waals surface area contributed by atoms with E-state index < -0.39 is 17.5 Å². The minimum Gasteiger partial charge on any atom is -0.467 e. The summed E-state index contributed by atoms with van der Waals surface area (Å²) < 4.78 is 36.6. The highest BCUT2D eigenvalue weighted by Gasteiger charge is 2.18. The maximum absolute atomic E-state index is 13.2.